The molecule has 106 valence electrons. The van der Waals surface area contributed by atoms with Crippen LogP contribution in [0.25, 0.3) is 0 Å². The fraction of sp³-hybridized carbons (Fsp3) is 0.0769. The maximum absolute atomic E-state index is 13.0. The van der Waals surface area contributed by atoms with Gasteiger partial charge in [0.15, 0.2) is 0 Å². The molecular formula is C13H9BClF4O-. The van der Waals surface area contributed by atoms with Crippen LogP contribution < -0.4 is 10.2 Å². The molecule has 0 aliphatic rings. The predicted octanol–water partition coefficient (Wildman–Crippen LogP) is 4.11. The summed E-state index contributed by atoms with van der Waals surface area (Å²) in [6.45, 7) is -5.04. The fourth-order valence-electron chi connectivity index (χ4n) is 1.60. The first-order chi connectivity index (χ1) is 9.36. The first-order valence-corrected chi connectivity index (χ1v) is 6.11. The Hall–Kier alpha value is -1.69. The van der Waals surface area contributed by atoms with E-state index in [0.29, 0.717) is 10.6 Å². The third-order valence-corrected chi connectivity index (χ3v) is 3.03. The molecule has 0 spiro atoms. The van der Waals surface area contributed by atoms with E-state index in [2.05, 4.69) is 0 Å². The van der Waals surface area contributed by atoms with Gasteiger partial charge in [-0.05, 0) is 30.3 Å². The van der Waals surface area contributed by atoms with Crippen LogP contribution in [-0.4, -0.2) is 6.98 Å². The van der Waals surface area contributed by atoms with Crippen LogP contribution in [0.15, 0.2) is 42.5 Å². The van der Waals surface area contributed by atoms with E-state index in [0.717, 1.165) is 12.1 Å². The van der Waals surface area contributed by atoms with Crippen LogP contribution in [0, 0.1) is 5.82 Å². The summed E-state index contributed by atoms with van der Waals surface area (Å²) in [6.07, 6.45) is 0. The summed E-state index contributed by atoms with van der Waals surface area (Å²) in [5.41, 5.74) is -0.267. The Morgan fingerprint density at radius 3 is 2.25 bits per heavy atom. The molecule has 0 atom stereocenters. The highest BCUT2D eigenvalue weighted by Gasteiger charge is 2.24. The quantitative estimate of drug-likeness (QED) is 0.610. The second kappa shape index (κ2) is 5.75. The molecule has 2 rings (SSSR count). The second-order valence-corrected chi connectivity index (χ2v) is 4.58. The van der Waals surface area contributed by atoms with Crippen molar-refractivity contribution < 1.29 is 22.1 Å². The Morgan fingerprint density at radius 1 is 1.00 bits per heavy atom. The average molecular weight is 303 g/mol. The summed E-state index contributed by atoms with van der Waals surface area (Å²) < 4.78 is 55.6. The van der Waals surface area contributed by atoms with Crippen LogP contribution in [-0.2, 0) is 6.61 Å². The summed E-state index contributed by atoms with van der Waals surface area (Å²) in [5, 5.41) is 0.335. The lowest BCUT2D eigenvalue weighted by Crippen LogP contribution is -2.33. The molecule has 0 aromatic heterocycles. The van der Waals surface area contributed by atoms with Crippen LogP contribution in [0.2, 0.25) is 5.02 Å². The van der Waals surface area contributed by atoms with Crippen molar-refractivity contribution in [2.45, 2.75) is 6.61 Å². The van der Waals surface area contributed by atoms with Crippen molar-refractivity contribution in [3.63, 3.8) is 0 Å². The minimum Gasteiger partial charge on any atom is -0.489 e. The molecule has 0 aliphatic heterocycles. The fourth-order valence-corrected chi connectivity index (χ4v) is 1.77. The van der Waals surface area contributed by atoms with E-state index in [1.807, 2.05) is 0 Å². The molecule has 0 radical (unpaired) electrons. The number of halogens is 5. The predicted molar refractivity (Wildman–Crippen MR) is 70.9 cm³/mol. The average Bonchev–Trinajstić information content (AvgIpc) is 2.39. The topological polar surface area (TPSA) is 9.23 Å². The highest BCUT2D eigenvalue weighted by atomic mass is 35.5. The molecule has 0 N–H and O–H groups in total. The van der Waals surface area contributed by atoms with E-state index in [1.54, 1.807) is 0 Å². The SMILES string of the molecule is Fc1ccc(Cl)c(COc2ccc([B-](F)(F)F)cc2)c1. The highest BCUT2D eigenvalue weighted by Crippen LogP contribution is 2.20. The monoisotopic (exact) mass is 303 g/mol. The molecule has 2 aromatic carbocycles. The van der Waals surface area contributed by atoms with Gasteiger partial charge in [-0.2, -0.15) is 0 Å². The Labute approximate surface area is 118 Å². The Kier molecular flexibility index (Phi) is 4.23. The molecule has 0 amide bonds. The van der Waals surface area contributed by atoms with E-state index in [4.69, 9.17) is 16.3 Å². The first-order valence-electron chi connectivity index (χ1n) is 5.73. The maximum atomic E-state index is 13.0. The molecule has 0 fully saturated rings. The van der Waals surface area contributed by atoms with Gasteiger partial charge in [0, 0.05) is 10.6 Å². The summed E-state index contributed by atoms with van der Waals surface area (Å²) in [7, 11) is 0. The van der Waals surface area contributed by atoms with Crippen molar-refractivity contribution in [1.29, 1.82) is 0 Å². The number of rotatable bonds is 4. The van der Waals surface area contributed by atoms with Gasteiger partial charge in [-0.15, -0.1) is 5.46 Å². The van der Waals surface area contributed by atoms with E-state index in [1.165, 1.54) is 30.3 Å². The van der Waals surface area contributed by atoms with Gasteiger partial charge < -0.3 is 17.7 Å². The van der Waals surface area contributed by atoms with E-state index in [-0.39, 0.29) is 12.4 Å². The van der Waals surface area contributed by atoms with Gasteiger partial charge >= 0.3 is 6.98 Å². The lowest BCUT2D eigenvalue weighted by atomic mass is 9.80. The van der Waals surface area contributed by atoms with Gasteiger partial charge in [-0.1, -0.05) is 23.7 Å². The summed E-state index contributed by atoms with van der Waals surface area (Å²) >= 11 is 5.85. The van der Waals surface area contributed by atoms with Crippen LogP contribution in [0.3, 0.4) is 0 Å². The van der Waals surface area contributed by atoms with Crippen molar-refractivity contribution in [2.75, 3.05) is 0 Å². The third kappa shape index (κ3) is 3.66. The molecule has 2 aromatic rings. The third-order valence-electron chi connectivity index (χ3n) is 2.66. The lowest BCUT2D eigenvalue weighted by Gasteiger charge is -2.15. The van der Waals surface area contributed by atoms with Crippen LogP contribution in [0.4, 0.5) is 17.3 Å². The normalized spacial score (nSPS) is 11.4. The molecule has 0 bridgehead atoms. The van der Waals surface area contributed by atoms with Crippen LogP contribution in [0.5, 0.6) is 5.75 Å². The van der Waals surface area contributed by atoms with Crippen molar-refractivity contribution in [3.8, 4) is 5.75 Å². The van der Waals surface area contributed by atoms with Gasteiger partial charge in [0.2, 0.25) is 0 Å². The Morgan fingerprint density at radius 2 is 1.65 bits per heavy atom. The Bertz CT molecular complexity index is 598. The van der Waals surface area contributed by atoms with Crippen molar-refractivity contribution in [3.05, 3.63) is 58.9 Å². The van der Waals surface area contributed by atoms with Gasteiger partial charge in [0.25, 0.3) is 0 Å². The highest BCUT2D eigenvalue weighted by molar-refractivity contribution is 6.73. The minimum atomic E-state index is -5.02. The zero-order valence-corrected chi connectivity index (χ0v) is 10.9. The largest absolute Gasteiger partial charge is 0.509 e. The zero-order valence-electron chi connectivity index (χ0n) is 10.1. The van der Waals surface area contributed by atoms with E-state index in [9.17, 15) is 17.3 Å². The van der Waals surface area contributed by atoms with Crippen LogP contribution >= 0.6 is 11.6 Å². The zero-order chi connectivity index (χ0) is 14.8. The summed E-state index contributed by atoms with van der Waals surface area (Å²) in [4.78, 5) is 0. The van der Waals surface area contributed by atoms with Crippen molar-refractivity contribution >= 4 is 24.0 Å². The van der Waals surface area contributed by atoms with Crippen LogP contribution in [0.1, 0.15) is 5.56 Å². The number of ether oxygens (including phenoxy) is 1. The minimum absolute atomic E-state index is 0.0207. The second-order valence-electron chi connectivity index (χ2n) is 4.17. The van der Waals surface area contributed by atoms with Gasteiger partial charge in [0.1, 0.15) is 18.2 Å². The smallest absolute Gasteiger partial charge is 0.489 e. The van der Waals surface area contributed by atoms with E-state index < -0.39 is 18.3 Å². The molecule has 7 heteroatoms. The molecule has 20 heavy (non-hydrogen) atoms. The van der Waals surface area contributed by atoms with Crippen molar-refractivity contribution in [1.82, 2.24) is 0 Å². The number of hydrogen-bond acceptors (Lipinski definition) is 1. The van der Waals surface area contributed by atoms with Crippen molar-refractivity contribution in [2.24, 2.45) is 0 Å². The summed E-state index contributed by atoms with van der Waals surface area (Å²) in [6, 6.07) is 8.16. The molecule has 0 aliphatic carbocycles. The summed E-state index contributed by atoms with van der Waals surface area (Å²) in [5.74, 6) is -0.197. The first kappa shape index (κ1) is 14.7. The van der Waals surface area contributed by atoms with Gasteiger partial charge in [-0.3, -0.25) is 0 Å². The lowest BCUT2D eigenvalue weighted by molar-refractivity contribution is 0.305. The molecule has 0 heterocycles. The van der Waals surface area contributed by atoms with Gasteiger partial charge in [-0.25, -0.2) is 4.39 Å². The van der Waals surface area contributed by atoms with Gasteiger partial charge in [0.05, 0.1) is 0 Å². The Balaban J connectivity index is 2.06. The van der Waals surface area contributed by atoms with E-state index >= 15 is 0 Å². The molecular weight excluding hydrogens is 294 g/mol. The molecule has 1 nitrogen and oxygen atoms in total. The standard InChI is InChI=1S/C13H9BClF4O/c15-13-6-3-11(16)7-9(13)8-20-12-4-1-10(2-5-12)14(17,18)19/h1-7H,8H2/q-1. The molecule has 0 saturated carbocycles. The maximum Gasteiger partial charge on any atom is 0.509 e. The number of hydrogen-bond donors (Lipinski definition) is 0. The molecule has 0 saturated heterocycles. The number of benzene rings is 2. The molecule has 0 unspecified atom stereocenters.